The lowest BCUT2D eigenvalue weighted by Gasteiger charge is -2.09. The average Bonchev–Trinajstić information content (AvgIpc) is 3.43. The Bertz CT molecular complexity index is 1350. The lowest BCUT2D eigenvalue weighted by molar-refractivity contribution is -0.111. The van der Waals surface area contributed by atoms with Crippen LogP contribution < -0.4 is 25.3 Å². The van der Waals surface area contributed by atoms with E-state index in [9.17, 15) is 4.79 Å². The maximum atomic E-state index is 13.3. The first-order valence-corrected chi connectivity index (χ1v) is 10.6. The smallest absolute Gasteiger partial charge is 0.258 e. The van der Waals surface area contributed by atoms with Crippen molar-refractivity contribution in [3.05, 3.63) is 71.8 Å². The molecule has 32 heavy (non-hydrogen) atoms. The highest BCUT2D eigenvalue weighted by Crippen LogP contribution is 2.34. The van der Waals surface area contributed by atoms with E-state index in [1.807, 2.05) is 60.7 Å². The second kappa shape index (κ2) is 8.24. The number of ether oxygens (including phenoxy) is 3. The number of carbonyl (C=O) groups excluding carboxylic acids is 1. The highest BCUT2D eigenvalue weighted by Gasteiger charge is 2.17. The normalized spacial score (nSPS) is 12.7. The van der Waals surface area contributed by atoms with E-state index >= 15 is 0 Å². The fourth-order valence-corrected chi connectivity index (χ4v) is 4.29. The number of hydrogen-bond donors (Lipinski definition) is 2. The summed E-state index contributed by atoms with van der Waals surface area (Å²) < 4.78 is 17.0. The van der Waals surface area contributed by atoms with Gasteiger partial charge in [0.25, 0.3) is 5.91 Å². The van der Waals surface area contributed by atoms with Crippen LogP contribution in [0, 0.1) is 0 Å². The van der Waals surface area contributed by atoms with Crippen molar-refractivity contribution in [1.82, 2.24) is 4.98 Å². The van der Waals surface area contributed by atoms with Gasteiger partial charge in [-0.15, -0.1) is 0 Å². The molecule has 3 N–H and O–H groups in total. The Labute approximate surface area is 188 Å². The summed E-state index contributed by atoms with van der Waals surface area (Å²) >= 11 is 1.37. The Kier molecular flexibility index (Phi) is 5.12. The molecule has 0 saturated heterocycles. The number of nitrogens with two attached hydrogens (primary N) is 1. The minimum Gasteiger partial charge on any atom is -0.497 e. The first kappa shape index (κ1) is 19.9. The van der Waals surface area contributed by atoms with Crippen LogP contribution in [0.1, 0.15) is 11.1 Å². The van der Waals surface area contributed by atoms with Gasteiger partial charge in [0, 0.05) is 11.3 Å². The monoisotopic (exact) mass is 445 g/mol. The van der Waals surface area contributed by atoms with Crippen molar-refractivity contribution in [2.45, 2.75) is 0 Å². The van der Waals surface area contributed by atoms with Gasteiger partial charge in [0.1, 0.15) is 5.75 Å². The first-order chi connectivity index (χ1) is 15.6. The largest absolute Gasteiger partial charge is 0.497 e. The van der Waals surface area contributed by atoms with Crippen LogP contribution in [0.4, 0.5) is 10.8 Å². The molecule has 1 aromatic heterocycles. The van der Waals surface area contributed by atoms with Gasteiger partial charge in [-0.25, -0.2) is 4.98 Å². The third kappa shape index (κ3) is 3.95. The molecular weight excluding hydrogens is 426 g/mol. The predicted molar refractivity (Wildman–Crippen MR) is 126 cm³/mol. The molecule has 7 nitrogen and oxygen atoms in total. The number of fused-ring (bicyclic) bond motifs is 2. The van der Waals surface area contributed by atoms with Gasteiger partial charge in [-0.3, -0.25) is 10.1 Å². The molecule has 0 bridgehead atoms. The molecule has 0 fully saturated rings. The summed E-state index contributed by atoms with van der Waals surface area (Å²) in [5, 5.41) is 3.42. The maximum absolute atomic E-state index is 13.3. The van der Waals surface area contributed by atoms with Crippen LogP contribution in [-0.2, 0) is 4.79 Å². The molecule has 1 aliphatic rings. The molecule has 2 heterocycles. The van der Waals surface area contributed by atoms with Gasteiger partial charge >= 0.3 is 0 Å². The highest BCUT2D eigenvalue weighted by molar-refractivity contribution is 7.22. The van der Waals surface area contributed by atoms with Gasteiger partial charge < -0.3 is 19.9 Å². The quantitative estimate of drug-likeness (QED) is 0.260. The zero-order valence-corrected chi connectivity index (χ0v) is 17.9. The van der Waals surface area contributed by atoms with E-state index in [1.54, 1.807) is 13.2 Å². The fourth-order valence-electron chi connectivity index (χ4n) is 3.38. The van der Waals surface area contributed by atoms with Crippen LogP contribution in [0.3, 0.4) is 0 Å². The van der Waals surface area contributed by atoms with E-state index < -0.39 is 0 Å². The van der Waals surface area contributed by atoms with Crippen LogP contribution in [0.5, 0.6) is 17.2 Å². The molecule has 0 saturated carbocycles. The zero-order chi connectivity index (χ0) is 22.1. The summed E-state index contributed by atoms with van der Waals surface area (Å²) in [4.78, 5) is 17.8. The fraction of sp³-hybridized carbons (Fsp3) is 0.0833. The second-order valence-corrected chi connectivity index (χ2v) is 8.13. The maximum Gasteiger partial charge on any atom is 0.258 e. The summed E-state index contributed by atoms with van der Waals surface area (Å²) in [5.41, 5.74) is 9.33. The molecule has 0 unspecified atom stereocenters. The number of nitrogens with one attached hydrogen (secondary N) is 1. The SMILES string of the molecule is COc1ccc(/C(=C\c2ccc3c(c2)OCO3)C(=O)Nc2nc3ccc(N)cc3s2)cc1. The number of nitrogen functional groups attached to an aromatic ring is 1. The number of methoxy groups -OCH3 is 1. The Morgan fingerprint density at radius 1 is 1.09 bits per heavy atom. The Morgan fingerprint density at radius 2 is 1.91 bits per heavy atom. The molecule has 0 aliphatic carbocycles. The molecule has 5 rings (SSSR count). The molecule has 4 aromatic rings. The predicted octanol–water partition coefficient (Wildman–Crippen LogP) is 4.80. The number of rotatable bonds is 5. The summed E-state index contributed by atoms with van der Waals surface area (Å²) in [5.74, 6) is 1.77. The van der Waals surface area contributed by atoms with Crippen LogP contribution in [0.15, 0.2) is 60.7 Å². The van der Waals surface area contributed by atoms with E-state index in [4.69, 9.17) is 19.9 Å². The van der Waals surface area contributed by atoms with E-state index in [0.29, 0.717) is 33.6 Å². The van der Waals surface area contributed by atoms with Gasteiger partial charge in [0.05, 0.1) is 17.3 Å². The van der Waals surface area contributed by atoms with E-state index in [1.165, 1.54) is 11.3 Å². The first-order valence-electron chi connectivity index (χ1n) is 9.82. The van der Waals surface area contributed by atoms with Crippen LogP contribution >= 0.6 is 11.3 Å². The van der Waals surface area contributed by atoms with Crippen molar-refractivity contribution in [2.75, 3.05) is 25.0 Å². The van der Waals surface area contributed by atoms with Gasteiger partial charge in [0.15, 0.2) is 16.6 Å². The second-order valence-electron chi connectivity index (χ2n) is 7.10. The lowest BCUT2D eigenvalue weighted by Crippen LogP contribution is -2.13. The number of hydrogen-bond acceptors (Lipinski definition) is 7. The molecule has 3 aromatic carbocycles. The van der Waals surface area contributed by atoms with Gasteiger partial charge in [-0.1, -0.05) is 29.5 Å². The van der Waals surface area contributed by atoms with Gasteiger partial charge in [0.2, 0.25) is 6.79 Å². The number of thiazole rings is 1. The lowest BCUT2D eigenvalue weighted by atomic mass is 10.0. The number of amides is 1. The minimum atomic E-state index is -0.278. The van der Waals surface area contributed by atoms with E-state index in [2.05, 4.69) is 10.3 Å². The van der Waals surface area contributed by atoms with Crippen molar-refractivity contribution in [2.24, 2.45) is 0 Å². The van der Waals surface area contributed by atoms with Gasteiger partial charge in [-0.05, 0) is 59.7 Å². The topological polar surface area (TPSA) is 95.7 Å². The van der Waals surface area contributed by atoms with Crippen molar-refractivity contribution in [3.8, 4) is 17.2 Å². The third-order valence-corrected chi connectivity index (χ3v) is 5.92. The van der Waals surface area contributed by atoms with Crippen LogP contribution in [0.2, 0.25) is 0 Å². The number of nitrogens with zero attached hydrogens (tertiary/aromatic N) is 1. The zero-order valence-electron chi connectivity index (χ0n) is 17.1. The molecule has 8 heteroatoms. The molecule has 0 radical (unpaired) electrons. The molecule has 1 amide bonds. The van der Waals surface area contributed by atoms with Gasteiger partial charge in [-0.2, -0.15) is 0 Å². The van der Waals surface area contributed by atoms with Crippen molar-refractivity contribution < 1.29 is 19.0 Å². The highest BCUT2D eigenvalue weighted by atomic mass is 32.1. The third-order valence-electron chi connectivity index (χ3n) is 4.99. The van der Waals surface area contributed by atoms with Crippen molar-refractivity contribution in [3.63, 3.8) is 0 Å². The Morgan fingerprint density at radius 3 is 2.72 bits per heavy atom. The summed E-state index contributed by atoms with van der Waals surface area (Å²) in [7, 11) is 1.60. The molecule has 160 valence electrons. The number of benzene rings is 3. The van der Waals surface area contributed by atoms with Crippen molar-refractivity contribution >= 4 is 49.9 Å². The molecular formula is C24H19N3O4S. The molecule has 0 atom stereocenters. The van der Waals surface area contributed by atoms with Crippen LogP contribution in [0.25, 0.3) is 21.9 Å². The summed E-state index contributed by atoms with van der Waals surface area (Å²) in [6, 6.07) is 18.3. The van der Waals surface area contributed by atoms with E-state index in [0.717, 1.165) is 21.3 Å². The Hall–Kier alpha value is -4.04. The summed E-state index contributed by atoms with van der Waals surface area (Å²) in [6.07, 6.45) is 1.81. The Balaban J connectivity index is 1.51. The minimum absolute atomic E-state index is 0.191. The molecule has 1 aliphatic heterocycles. The standard InChI is InChI=1S/C24H19N3O4S/c1-29-17-6-3-15(4-7-17)18(10-14-2-9-20-21(11-14)31-13-30-20)23(28)27-24-26-19-8-5-16(25)12-22(19)32-24/h2-12H,13,25H2,1H3,(H,26,27,28)/b18-10+. The molecule has 0 spiro atoms. The number of carbonyl (C=O) groups is 1. The number of anilines is 2. The summed E-state index contributed by atoms with van der Waals surface area (Å²) in [6.45, 7) is 0.191. The average molecular weight is 446 g/mol. The van der Waals surface area contributed by atoms with Crippen LogP contribution in [-0.4, -0.2) is 24.8 Å². The number of aromatic nitrogens is 1. The van der Waals surface area contributed by atoms with Crippen molar-refractivity contribution in [1.29, 1.82) is 0 Å². The van der Waals surface area contributed by atoms with E-state index in [-0.39, 0.29) is 12.7 Å².